The van der Waals surface area contributed by atoms with Crippen molar-refractivity contribution in [2.45, 2.75) is 6.92 Å². The zero-order chi connectivity index (χ0) is 14.5. The summed E-state index contributed by atoms with van der Waals surface area (Å²) in [5, 5.41) is 3.59. The Kier molecular flexibility index (Phi) is 4.94. The molecule has 0 atom stereocenters. The second-order valence-electron chi connectivity index (χ2n) is 4.00. The fourth-order valence-electron chi connectivity index (χ4n) is 1.27. The summed E-state index contributed by atoms with van der Waals surface area (Å²) in [6, 6.07) is 8.45. The lowest BCUT2D eigenvalue weighted by Crippen LogP contribution is -2.27. The molecule has 0 spiro atoms. The van der Waals surface area contributed by atoms with Gasteiger partial charge in [0.15, 0.2) is 9.84 Å². The topological polar surface area (TPSA) is 92.7 Å². The number of benzene rings is 1. The van der Waals surface area contributed by atoms with E-state index in [-0.39, 0.29) is 11.5 Å². The summed E-state index contributed by atoms with van der Waals surface area (Å²) in [4.78, 5) is 23.1. The van der Waals surface area contributed by atoms with E-state index in [1.165, 1.54) is 6.92 Å². The molecule has 102 valence electrons. The smallest absolute Gasteiger partial charge is 0.255 e. The molecular weight excluding hydrogens is 268 g/mol. The molecule has 7 heteroatoms. The molecule has 1 aromatic carbocycles. The number of hydrogen-bond donors (Lipinski definition) is 1. The number of sulfone groups is 1. The van der Waals surface area contributed by atoms with Crippen LogP contribution in [0.3, 0.4) is 0 Å². The monoisotopic (exact) mass is 282 g/mol. The summed E-state index contributed by atoms with van der Waals surface area (Å²) < 4.78 is 21.7. The van der Waals surface area contributed by atoms with Crippen molar-refractivity contribution in [3.05, 3.63) is 35.9 Å². The zero-order valence-corrected chi connectivity index (χ0v) is 11.4. The van der Waals surface area contributed by atoms with E-state index in [9.17, 15) is 18.0 Å². The highest BCUT2D eigenvalue weighted by atomic mass is 32.2. The van der Waals surface area contributed by atoms with Gasteiger partial charge < -0.3 is 0 Å². The van der Waals surface area contributed by atoms with Gasteiger partial charge in [-0.1, -0.05) is 30.3 Å². The van der Waals surface area contributed by atoms with E-state index in [2.05, 4.69) is 5.10 Å². The van der Waals surface area contributed by atoms with Crippen molar-refractivity contribution in [2.75, 3.05) is 12.0 Å². The molecule has 1 N–H and O–H groups in total. The summed E-state index contributed by atoms with van der Waals surface area (Å²) >= 11 is 0. The molecule has 0 unspecified atom stereocenters. The molecule has 0 bridgehead atoms. The highest BCUT2D eigenvalue weighted by Gasteiger charge is 2.12. The van der Waals surface area contributed by atoms with Crippen LogP contribution in [0.2, 0.25) is 0 Å². The van der Waals surface area contributed by atoms with Gasteiger partial charge in [-0.3, -0.25) is 9.59 Å². The average Bonchev–Trinajstić information content (AvgIpc) is 2.34. The van der Waals surface area contributed by atoms with Crippen LogP contribution in [0.4, 0.5) is 0 Å². The normalized spacial score (nSPS) is 12.0. The van der Waals surface area contributed by atoms with Crippen LogP contribution in [0.5, 0.6) is 0 Å². The van der Waals surface area contributed by atoms with Gasteiger partial charge in [0.25, 0.3) is 5.91 Å². The molecule has 1 rings (SSSR count). The maximum atomic E-state index is 11.8. The Morgan fingerprint density at radius 2 is 1.79 bits per heavy atom. The Hall–Kier alpha value is -2.02. The Labute approximate surface area is 111 Å². The fourth-order valence-corrected chi connectivity index (χ4v) is 1.81. The third-order valence-electron chi connectivity index (χ3n) is 2.11. The number of carbonyl (C=O) groups is 2. The van der Waals surface area contributed by atoms with Gasteiger partial charge in [-0.25, -0.2) is 13.8 Å². The number of amides is 1. The third-order valence-corrected chi connectivity index (χ3v) is 2.89. The summed E-state index contributed by atoms with van der Waals surface area (Å²) in [6.45, 7) is 1.44. The first-order valence-electron chi connectivity index (χ1n) is 5.40. The number of Topliss-reactive ketones (excluding diaryl/α,β-unsaturated/α-hetero) is 1. The van der Waals surface area contributed by atoms with Gasteiger partial charge in [-0.05, 0) is 6.92 Å². The van der Waals surface area contributed by atoms with E-state index >= 15 is 0 Å². The van der Waals surface area contributed by atoms with Gasteiger partial charge in [0.2, 0.25) is 5.78 Å². The van der Waals surface area contributed by atoms with E-state index in [1.807, 2.05) is 5.43 Å². The molecule has 1 aromatic rings. The first-order chi connectivity index (χ1) is 8.79. The van der Waals surface area contributed by atoms with Crippen molar-refractivity contribution in [3.63, 3.8) is 0 Å². The summed E-state index contributed by atoms with van der Waals surface area (Å²) in [5.74, 6) is -1.77. The predicted molar refractivity (Wildman–Crippen MR) is 71.7 cm³/mol. The number of ketones is 1. The van der Waals surface area contributed by atoms with Crippen molar-refractivity contribution in [2.24, 2.45) is 5.10 Å². The van der Waals surface area contributed by atoms with Crippen molar-refractivity contribution < 1.29 is 18.0 Å². The second kappa shape index (κ2) is 6.24. The van der Waals surface area contributed by atoms with Crippen LogP contribution in [0, 0.1) is 0 Å². The number of nitrogens with zero attached hydrogens (tertiary/aromatic N) is 1. The Balaban J connectivity index is 2.68. The SMILES string of the molecule is C/C(=N/NC(=O)CS(C)(=O)=O)C(=O)c1ccccc1. The van der Waals surface area contributed by atoms with E-state index < -0.39 is 21.5 Å². The molecule has 0 fully saturated rings. The van der Waals surface area contributed by atoms with E-state index in [1.54, 1.807) is 30.3 Å². The fraction of sp³-hybridized carbons (Fsp3) is 0.250. The number of hydrazone groups is 1. The van der Waals surface area contributed by atoms with E-state index in [4.69, 9.17) is 0 Å². The largest absolute Gasteiger partial charge is 0.287 e. The molecule has 0 heterocycles. The van der Waals surface area contributed by atoms with Crippen LogP contribution in [0.15, 0.2) is 35.4 Å². The molecule has 0 radical (unpaired) electrons. The maximum Gasteiger partial charge on any atom is 0.255 e. The highest BCUT2D eigenvalue weighted by molar-refractivity contribution is 7.91. The molecule has 19 heavy (non-hydrogen) atoms. The Morgan fingerprint density at radius 3 is 2.32 bits per heavy atom. The Bertz CT molecular complexity index is 606. The van der Waals surface area contributed by atoms with Gasteiger partial charge in [0.05, 0.1) is 0 Å². The molecule has 0 aromatic heterocycles. The van der Waals surface area contributed by atoms with Gasteiger partial charge in [0.1, 0.15) is 11.5 Å². The molecule has 6 nitrogen and oxygen atoms in total. The van der Waals surface area contributed by atoms with Crippen LogP contribution in [0.1, 0.15) is 17.3 Å². The predicted octanol–water partition coefficient (Wildman–Crippen LogP) is 0.406. The lowest BCUT2D eigenvalue weighted by atomic mass is 10.1. The molecule has 0 saturated heterocycles. The van der Waals surface area contributed by atoms with Crippen LogP contribution in [-0.2, 0) is 14.6 Å². The quantitative estimate of drug-likeness (QED) is 0.481. The molecule has 0 aliphatic carbocycles. The van der Waals surface area contributed by atoms with Crippen molar-refractivity contribution in [3.8, 4) is 0 Å². The minimum Gasteiger partial charge on any atom is -0.287 e. The van der Waals surface area contributed by atoms with Crippen LogP contribution in [0.25, 0.3) is 0 Å². The summed E-state index contributed by atoms with van der Waals surface area (Å²) in [7, 11) is -3.41. The van der Waals surface area contributed by atoms with Gasteiger partial charge >= 0.3 is 0 Å². The number of rotatable bonds is 5. The summed E-state index contributed by atoms with van der Waals surface area (Å²) in [5.41, 5.74) is 2.56. The number of hydrogen-bond acceptors (Lipinski definition) is 5. The molecule has 0 aliphatic heterocycles. The molecule has 0 saturated carbocycles. The van der Waals surface area contributed by atoms with Crippen molar-refractivity contribution in [1.29, 1.82) is 0 Å². The standard InChI is InChI=1S/C12H14N2O4S/c1-9(12(16)10-6-4-3-5-7-10)13-14-11(15)8-19(2,17)18/h3-7H,8H2,1-2H3,(H,14,15)/b13-9-. The minimum absolute atomic E-state index is 0.0769. The van der Waals surface area contributed by atoms with E-state index in [0.717, 1.165) is 6.26 Å². The summed E-state index contributed by atoms with van der Waals surface area (Å²) in [6.07, 6.45) is 0.943. The average molecular weight is 282 g/mol. The highest BCUT2D eigenvalue weighted by Crippen LogP contribution is 2.01. The third kappa shape index (κ3) is 5.43. The number of carbonyl (C=O) groups excluding carboxylic acids is 2. The van der Waals surface area contributed by atoms with Crippen LogP contribution < -0.4 is 5.43 Å². The first-order valence-corrected chi connectivity index (χ1v) is 7.46. The lowest BCUT2D eigenvalue weighted by molar-refractivity contribution is -0.118. The Morgan fingerprint density at radius 1 is 1.21 bits per heavy atom. The zero-order valence-electron chi connectivity index (χ0n) is 10.6. The van der Waals surface area contributed by atoms with Crippen LogP contribution in [-0.4, -0.2) is 37.8 Å². The van der Waals surface area contributed by atoms with Crippen LogP contribution >= 0.6 is 0 Å². The molecule has 1 amide bonds. The van der Waals surface area contributed by atoms with Gasteiger partial charge in [-0.2, -0.15) is 5.10 Å². The van der Waals surface area contributed by atoms with Crippen molar-refractivity contribution >= 4 is 27.2 Å². The van der Waals surface area contributed by atoms with Crippen molar-refractivity contribution in [1.82, 2.24) is 5.43 Å². The van der Waals surface area contributed by atoms with Gasteiger partial charge in [0, 0.05) is 11.8 Å². The van der Waals surface area contributed by atoms with Gasteiger partial charge in [-0.15, -0.1) is 0 Å². The van der Waals surface area contributed by atoms with E-state index in [0.29, 0.717) is 5.56 Å². The number of nitrogens with one attached hydrogen (secondary N) is 1. The first kappa shape index (κ1) is 15.0. The maximum absolute atomic E-state index is 11.8. The lowest BCUT2D eigenvalue weighted by Gasteiger charge is -2.01. The minimum atomic E-state index is -3.41. The molecule has 0 aliphatic rings. The molecular formula is C12H14N2O4S. The second-order valence-corrected chi connectivity index (χ2v) is 6.14.